The minimum absolute atomic E-state index is 0.110. The predicted molar refractivity (Wildman–Crippen MR) is 70.8 cm³/mol. The third-order valence-electron chi connectivity index (χ3n) is 3.49. The van der Waals surface area contributed by atoms with E-state index in [1.54, 1.807) is 25.1 Å². The smallest absolute Gasteiger partial charge is 0.251 e. The molecule has 2 rings (SSSR count). The molecule has 1 aromatic carbocycles. The molecule has 0 radical (unpaired) electrons. The summed E-state index contributed by atoms with van der Waals surface area (Å²) in [6.07, 6.45) is 3.38. The molecule has 1 saturated heterocycles. The van der Waals surface area contributed by atoms with Crippen molar-refractivity contribution in [1.29, 1.82) is 0 Å². The van der Waals surface area contributed by atoms with Gasteiger partial charge in [0.05, 0.1) is 0 Å². The Morgan fingerprint density at radius 1 is 1.56 bits per heavy atom. The molecule has 1 aliphatic heterocycles. The summed E-state index contributed by atoms with van der Waals surface area (Å²) >= 11 is 0. The Morgan fingerprint density at radius 3 is 3.11 bits per heavy atom. The van der Waals surface area contributed by atoms with E-state index in [-0.39, 0.29) is 11.7 Å². The lowest BCUT2D eigenvalue weighted by molar-refractivity contribution is 0.0951. The zero-order valence-electron chi connectivity index (χ0n) is 10.7. The van der Waals surface area contributed by atoms with Crippen LogP contribution in [0.3, 0.4) is 0 Å². The molecule has 0 unspecified atom stereocenters. The molecule has 0 spiro atoms. The van der Waals surface area contributed by atoms with Crippen LogP contribution in [0, 0.1) is 6.92 Å². The summed E-state index contributed by atoms with van der Waals surface area (Å²) in [5.74, 6) is 0.0570. The molecule has 1 atom stereocenters. The lowest BCUT2D eigenvalue weighted by atomic mass is 10.1. The van der Waals surface area contributed by atoms with E-state index >= 15 is 0 Å². The van der Waals surface area contributed by atoms with E-state index < -0.39 is 0 Å². The van der Waals surface area contributed by atoms with E-state index in [4.69, 9.17) is 0 Å². The summed E-state index contributed by atoms with van der Waals surface area (Å²) in [5, 5.41) is 15.9. The van der Waals surface area contributed by atoms with Gasteiger partial charge in [-0.1, -0.05) is 6.07 Å². The first-order chi connectivity index (χ1) is 8.68. The molecular weight excluding hydrogens is 228 g/mol. The molecule has 0 aliphatic carbocycles. The number of aromatic hydroxyl groups is 1. The number of phenolic OH excluding ortho intramolecular Hbond substituents is 1. The fourth-order valence-corrected chi connectivity index (χ4v) is 2.33. The van der Waals surface area contributed by atoms with Crippen molar-refractivity contribution in [3.05, 3.63) is 29.3 Å². The van der Waals surface area contributed by atoms with E-state index in [9.17, 15) is 9.90 Å². The summed E-state index contributed by atoms with van der Waals surface area (Å²) in [6.45, 7) is 3.51. The SMILES string of the molecule is Cc1c(O)cccc1C(=O)NCC[C@H]1CCCN1. The number of carbonyl (C=O) groups is 1. The first-order valence-electron chi connectivity index (χ1n) is 6.48. The largest absolute Gasteiger partial charge is 0.508 e. The van der Waals surface area contributed by atoms with Crippen molar-refractivity contribution >= 4 is 5.91 Å². The summed E-state index contributed by atoms with van der Waals surface area (Å²) < 4.78 is 0. The fourth-order valence-electron chi connectivity index (χ4n) is 2.33. The van der Waals surface area contributed by atoms with Crippen molar-refractivity contribution in [2.45, 2.75) is 32.2 Å². The number of amides is 1. The van der Waals surface area contributed by atoms with Crippen molar-refractivity contribution in [3.8, 4) is 5.75 Å². The van der Waals surface area contributed by atoms with Crippen LogP contribution < -0.4 is 10.6 Å². The van der Waals surface area contributed by atoms with E-state index in [2.05, 4.69) is 10.6 Å². The molecule has 1 fully saturated rings. The van der Waals surface area contributed by atoms with Crippen molar-refractivity contribution in [3.63, 3.8) is 0 Å². The maximum atomic E-state index is 11.9. The van der Waals surface area contributed by atoms with Crippen LogP contribution in [0.5, 0.6) is 5.75 Å². The first kappa shape index (κ1) is 12.9. The number of nitrogens with one attached hydrogen (secondary N) is 2. The van der Waals surface area contributed by atoms with Gasteiger partial charge < -0.3 is 15.7 Å². The normalized spacial score (nSPS) is 18.8. The number of benzene rings is 1. The van der Waals surface area contributed by atoms with Crippen LogP contribution in [0.2, 0.25) is 0 Å². The molecule has 0 aromatic heterocycles. The van der Waals surface area contributed by atoms with Gasteiger partial charge in [-0.15, -0.1) is 0 Å². The van der Waals surface area contributed by atoms with Gasteiger partial charge in [0.25, 0.3) is 5.91 Å². The Balaban J connectivity index is 1.85. The van der Waals surface area contributed by atoms with Gasteiger partial charge in [0.15, 0.2) is 0 Å². The highest BCUT2D eigenvalue weighted by molar-refractivity contribution is 5.96. The first-order valence-corrected chi connectivity index (χ1v) is 6.48. The van der Waals surface area contributed by atoms with Crippen molar-refractivity contribution in [2.75, 3.05) is 13.1 Å². The molecule has 1 aliphatic rings. The van der Waals surface area contributed by atoms with Gasteiger partial charge in [0.2, 0.25) is 0 Å². The highest BCUT2D eigenvalue weighted by Gasteiger charge is 2.15. The number of carbonyl (C=O) groups excluding carboxylic acids is 1. The topological polar surface area (TPSA) is 61.4 Å². The Morgan fingerprint density at radius 2 is 2.39 bits per heavy atom. The van der Waals surface area contributed by atoms with Crippen LogP contribution in [0.4, 0.5) is 0 Å². The molecule has 1 heterocycles. The van der Waals surface area contributed by atoms with Gasteiger partial charge in [0.1, 0.15) is 5.75 Å². The van der Waals surface area contributed by atoms with Crippen LogP contribution in [-0.4, -0.2) is 30.1 Å². The molecule has 98 valence electrons. The molecule has 3 N–H and O–H groups in total. The van der Waals surface area contributed by atoms with Crippen LogP contribution >= 0.6 is 0 Å². The minimum atomic E-state index is -0.110. The fraction of sp³-hybridized carbons (Fsp3) is 0.500. The Hall–Kier alpha value is -1.55. The van der Waals surface area contributed by atoms with Crippen molar-refractivity contribution in [2.24, 2.45) is 0 Å². The molecular formula is C14H20N2O2. The number of rotatable bonds is 4. The molecule has 0 saturated carbocycles. The Bertz CT molecular complexity index is 426. The third-order valence-corrected chi connectivity index (χ3v) is 3.49. The molecule has 4 heteroatoms. The van der Waals surface area contributed by atoms with E-state index in [0.29, 0.717) is 23.7 Å². The molecule has 0 bridgehead atoms. The Labute approximate surface area is 107 Å². The van der Waals surface area contributed by atoms with Gasteiger partial charge in [-0.05, 0) is 44.9 Å². The highest BCUT2D eigenvalue weighted by Crippen LogP contribution is 2.19. The average molecular weight is 248 g/mol. The second-order valence-corrected chi connectivity index (χ2v) is 4.79. The molecule has 1 aromatic rings. The van der Waals surface area contributed by atoms with Crippen molar-refractivity contribution < 1.29 is 9.90 Å². The zero-order chi connectivity index (χ0) is 13.0. The maximum Gasteiger partial charge on any atom is 0.251 e. The standard InChI is InChI=1S/C14H20N2O2/c1-10-12(5-2-6-13(10)17)14(18)16-9-7-11-4-3-8-15-11/h2,5-6,11,15,17H,3-4,7-9H2,1H3,(H,16,18)/t11-/m1/s1. The Kier molecular flexibility index (Phi) is 4.20. The summed E-state index contributed by atoms with van der Waals surface area (Å²) in [6, 6.07) is 5.55. The summed E-state index contributed by atoms with van der Waals surface area (Å²) in [7, 11) is 0. The monoisotopic (exact) mass is 248 g/mol. The maximum absolute atomic E-state index is 11.9. The second kappa shape index (κ2) is 5.87. The van der Waals surface area contributed by atoms with Gasteiger partial charge in [0, 0.05) is 23.7 Å². The van der Waals surface area contributed by atoms with Gasteiger partial charge in [-0.3, -0.25) is 4.79 Å². The van der Waals surface area contributed by atoms with Crippen LogP contribution in [0.1, 0.15) is 35.2 Å². The van der Waals surface area contributed by atoms with E-state index in [1.807, 2.05) is 0 Å². The second-order valence-electron chi connectivity index (χ2n) is 4.79. The van der Waals surface area contributed by atoms with Crippen LogP contribution in [-0.2, 0) is 0 Å². The lowest BCUT2D eigenvalue weighted by Gasteiger charge is -2.12. The van der Waals surface area contributed by atoms with Gasteiger partial charge in [-0.25, -0.2) is 0 Å². The zero-order valence-corrected chi connectivity index (χ0v) is 10.7. The minimum Gasteiger partial charge on any atom is -0.508 e. The summed E-state index contributed by atoms with van der Waals surface area (Å²) in [5.41, 5.74) is 1.18. The van der Waals surface area contributed by atoms with E-state index in [0.717, 1.165) is 13.0 Å². The predicted octanol–water partition coefficient (Wildman–Crippen LogP) is 1.57. The quantitative estimate of drug-likeness (QED) is 0.758. The lowest BCUT2D eigenvalue weighted by Crippen LogP contribution is -2.30. The van der Waals surface area contributed by atoms with Crippen LogP contribution in [0.25, 0.3) is 0 Å². The van der Waals surface area contributed by atoms with E-state index in [1.165, 1.54) is 12.8 Å². The molecule has 1 amide bonds. The van der Waals surface area contributed by atoms with Crippen LogP contribution in [0.15, 0.2) is 18.2 Å². The van der Waals surface area contributed by atoms with Gasteiger partial charge in [-0.2, -0.15) is 0 Å². The average Bonchev–Trinajstić information content (AvgIpc) is 2.85. The molecule has 4 nitrogen and oxygen atoms in total. The van der Waals surface area contributed by atoms with Gasteiger partial charge >= 0.3 is 0 Å². The summed E-state index contributed by atoms with van der Waals surface area (Å²) in [4.78, 5) is 11.9. The van der Waals surface area contributed by atoms with Crippen molar-refractivity contribution in [1.82, 2.24) is 10.6 Å². The third kappa shape index (κ3) is 3.01. The number of hydrogen-bond donors (Lipinski definition) is 3. The highest BCUT2D eigenvalue weighted by atomic mass is 16.3. The number of phenols is 1. The molecule has 18 heavy (non-hydrogen) atoms. The number of hydrogen-bond acceptors (Lipinski definition) is 3.